The highest BCUT2D eigenvalue weighted by molar-refractivity contribution is 5.74. The van der Waals surface area contributed by atoms with Crippen molar-refractivity contribution in [2.24, 2.45) is 5.92 Å². The van der Waals surface area contributed by atoms with Crippen molar-refractivity contribution in [3.63, 3.8) is 0 Å². The van der Waals surface area contributed by atoms with Crippen molar-refractivity contribution in [1.82, 2.24) is 10.2 Å². The fraction of sp³-hybridized carbons (Fsp3) is 0.562. The van der Waals surface area contributed by atoms with E-state index in [2.05, 4.69) is 19.2 Å². The summed E-state index contributed by atoms with van der Waals surface area (Å²) in [5.41, 5.74) is 1.12. The van der Waals surface area contributed by atoms with E-state index < -0.39 is 0 Å². The van der Waals surface area contributed by atoms with Gasteiger partial charge in [0.1, 0.15) is 5.75 Å². The van der Waals surface area contributed by atoms with E-state index in [0.29, 0.717) is 12.5 Å². The van der Waals surface area contributed by atoms with Crippen LogP contribution in [-0.4, -0.2) is 37.7 Å². The number of rotatable bonds is 6. The molecular formula is C16H26N2O2. The number of carbonyl (C=O) groups excluding carboxylic acids is 1. The van der Waals surface area contributed by atoms with Crippen LogP contribution in [0.5, 0.6) is 5.75 Å². The van der Waals surface area contributed by atoms with Crippen molar-refractivity contribution in [2.45, 2.75) is 33.2 Å². The summed E-state index contributed by atoms with van der Waals surface area (Å²) in [4.78, 5) is 13.7. The molecule has 0 saturated heterocycles. The average molecular weight is 278 g/mol. The third kappa shape index (κ3) is 4.44. The molecule has 0 fully saturated rings. The van der Waals surface area contributed by atoms with Crippen molar-refractivity contribution >= 4 is 6.03 Å². The van der Waals surface area contributed by atoms with Gasteiger partial charge in [0.2, 0.25) is 0 Å². The Balaban J connectivity index is 2.80. The summed E-state index contributed by atoms with van der Waals surface area (Å²) in [7, 11) is 3.47. The lowest BCUT2D eigenvalue weighted by Gasteiger charge is -2.26. The van der Waals surface area contributed by atoms with Crippen LogP contribution in [-0.2, 0) is 6.42 Å². The SMILES string of the molecule is CCN(C)C(=O)NC(Cc1ccccc1OC)C(C)C. The molecular weight excluding hydrogens is 252 g/mol. The van der Waals surface area contributed by atoms with Crippen LogP contribution in [0.1, 0.15) is 26.3 Å². The summed E-state index contributed by atoms with van der Waals surface area (Å²) in [6.07, 6.45) is 0.769. The van der Waals surface area contributed by atoms with Gasteiger partial charge in [-0.1, -0.05) is 32.0 Å². The Morgan fingerprint density at radius 1 is 1.35 bits per heavy atom. The second-order valence-corrected chi connectivity index (χ2v) is 5.33. The number of nitrogens with zero attached hydrogens (tertiary/aromatic N) is 1. The van der Waals surface area contributed by atoms with Crippen LogP contribution in [0, 0.1) is 5.92 Å². The Labute approximate surface area is 122 Å². The Morgan fingerprint density at radius 2 is 2.00 bits per heavy atom. The summed E-state index contributed by atoms with van der Waals surface area (Å²) in [5, 5.41) is 3.10. The Morgan fingerprint density at radius 3 is 2.55 bits per heavy atom. The summed E-state index contributed by atoms with van der Waals surface area (Å²) < 4.78 is 5.38. The predicted octanol–water partition coefficient (Wildman–Crippen LogP) is 2.92. The molecule has 0 aromatic heterocycles. The first-order valence-electron chi connectivity index (χ1n) is 7.13. The maximum absolute atomic E-state index is 12.0. The van der Waals surface area contributed by atoms with Crippen LogP contribution < -0.4 is 10.1 Å². The molecule has 1 unspecified atom stereocenters. The highest BCUT2D eigenvalue weighted by atomic mass is 16.5. The maximum atomic E-state index is 12.0. The Kier molecular flexibility index (Phi) is 6.36. The molecule has 0 spiro atoms. The average Bonchev–Trinajstić information content (AvgIpc) is 2.45. The van der Waals surface area contributed by atoms with E-state index in [4.69, 9.17) is 4.74 Å². The van der Waals surface area contributed by atoms with Crippen molar-refractivity contribution in [3.8, 4) is 5.75 Å². The molecule has 0 radical (unpaired) electrons. The van der Waals surface area contributed by atoms with Gasteiger partial charge >= 0.3 is 6.03 Å². The van der Waals surface area contributed by atoms with E-state index in [9.17, 15) is 4.79 Å². The number of hydrogen-bond acceptors (Lipinski definition) is 2. The summed E-state index contributed by atoms with van der Waals surface area (Å²) >= 11 is 0. The quantitative estimate of drug-likeness (QED) is 0.869. The number of benzene rings is 1. The van der Waals surface area contributed by atoms with Gasteiger partial charge in [0.25, 0.3) is 0 Å². The molecule has 2 amide bonds. The van der Waals surface area contributed by atoms with Gasteiger partial charge in [-0.25, -0.2) is 4.79 Å². The molecule has 1 aromatic carbocycles. The van der Waals surface area contributed by atoms with E-state index >= 15 is 0 Å². The third-order valence-corrected chi connectivity index (χ3v) is 3.57. The second kappa shape index (κ2) is 7.78. The molecule has 4 heteroatoms. The maximum Gasteiger partial charge on any atom is 0.317 e. The molecule has 1 N–H and O–H groups in total. The van der Waals surface area contributed by atoms with E-state index in [1.807, 2.05) is 31.2 Å². The molecule has 0 aliphatic carbocycles. The minimum Gasteiger partial charge on any atom is -0.496 e. The summed E-state index contributed by atoms with van der Waals surface area (Å²) in [5.74, 6) is 1.23. The number of amides is 2. The van der Waals surface area contributed by atoms with Gasteiger partial charge in [0.15, 0.2) is 0 Å². The second-order valence-electron chi connectivity index (χ2n) is 5.33. The van der Waals surface area contributed by atoms with E-state index in [0.717, 1.165) is 17.7 Å². The number of methoxy groups -OCH3 is 1. The van der Waals surface area contributed by atoms with E-state index in [1.54, 1.807) is 19.1 Å². The lowest BCUT2D eigenvalue weighted by Crippen LogP contribution is -2.46. The molecule has 0 bridgehead atoms. The lowest BCUT2D eigenvalue weighted by atomic mass is 9.96. The molecule has 0 aliphatic heterocycles. The summed E-state index contributed by atoms with van der Waals surface area (Å²) in [6.45, 7) is 6.90. The first kappa shape index (κ1) is 16.3. The van der Waals surface area contributed by atoms with Gasteiger partial charge in [-0.2, -0.15) is 0 Å². The fourth-order valence-electron chi connectivity index (χ4n) is 1.97. The van der Waals surface area contributed by atoms with Gasteiger partial charge in [0.05, 0.1) is 7.11 Å². The molecule has 1 rings (SSSR count). The van der Waals surface area contributed by atoms with Crippen LogP contribution in [0.25, 0.3) is 0 Å². The molecule has 1 aromatic rings. The minimum atomic E-state index is -0.0268. The largest absolute Gasteiger partial charge is 0.496 e. The molecule has 0 saturated carbocycles. The number of carbonyl (C=O) groups is 1. The Hall–Kier alpha value is -1.71. The van der Waals surface area contributed by atoms with Crippen LogP contribution >= 0.6 is 0 Å². The molecule has 0 heterocycles. The Bertz CT molecular complexity index is 432. The number of ether oxygens (including phenoxy) is 1. The van der Waals surface area contributed by atoms with Crippen molar-refractivity contribution in [2.75, 3.05) is 20.7 Å². The van der Waals surface area contributed by atoms with E-state index in [-0.39, 0.29) is 12.1 Å². The number of nitrogens with one attached hydrogen (secondary N) is 1. The first-order chi connectivity index (χ1) is 9.49. The molecule has 20 heavy (non-hydrogen) atoms. The van der Waals surface area contributed by atoms with Gasteiger partial charge in [0, 0.05) is 19.6 Å². The molecule has 4 nitrogen and oxygen atoms in total. The number of urea groups is 1. The highest BCUT2D eigenvalue weighted by Gasteiger charge is 2.19. The van der Waals surface area contributed by atoms with Gasteiger partial charge in [-0.05, 0) is 30.9 Å². The third-order valence-electron chi connectivity index (χ3n) is 3.57. The zero-order valence-electron chi connectivity index (χ0n) is 13.1. The monoisotopic (exact) mass is 278 g/mol. The van der Waals surface area contributed by atoms with Gasteiger partial charge in [-0.3, -0.25) is 0 Å². The van der Waals surface area contributed by atoms with Crippen molar-refractivity contribution < 1.29 is 9.53 Å². The fourth-order valence-corrected chi connectivity index (χ4v) is 1.97. The number of hydrogen-bond donors (Lipinski definition) is 1. The summed E-state index contributed by atoms with van der Waals surface area (Å²) in [6, 6.07) is 8.01. The van der Waals surface area contributed by atoms with Gasteiger partial charge < -0.3 is 15.0 Å². The molecule has 1 atom stereocenters. The first-order valence-corrected chi connectivity index (χ1v) is 7.13. The standard InChI is InChI=1S/C16H26N2O2/c1-6-18(4)16(19)17-14(12(2)3)11-13-9-7-8-10-15(13)20-5/h7-10,12,14H,6,11H2,1-5H3,(H,17,19). The zero-order chi connectivity index (χ0) is 15.1. The minimum absolute atomic E-state index is 0.0268. The van der Waals surface area contributed by atoms with Crippen LogP contribution in [0.3, 0.4) is 0 Å². The molecule has 112 valence electrons. The van der Waals surface area contributed by atoms with Crippen molar-refractivity contribution in [3.05, 3.63) is 29.8 Å². The predicted molar refractivity (Wildman–Crippen MR) is 82.2 cm³/mol. The zero-order valence-corrected chi connectivity index (χ0v) is 13.1. The number of para-hydroxylation sites is 1. The topological polar surface area (TPSA) is 41.6 Å². The van der Waals surface area contributed by atoms with Crippen LogP contribution in [0.15, 0.2) is 24.3 Å². The van der Waals surface area contributed by atoms with Crippen LogP contribution in [0.4, 0.5) is 4.79 Å². The smallest absolute Gasteiger partial charge is 0.317 e. The van der Waals surface area contributed by atoms with E-state index in [1.165, 1.54) is 0 Å². The van der Waals surface area contributed by atoms with Crippen molar-refractivity contribution in [1.29, 1.82) is 0 Å². The lowest BCUT2D eigenvalue weighted by molar-refractivity contribution is 0.202. The normalized spacial score (nSPS) is 12.1. The highest BCUT2D eigenvalue weighted by Crippen LogP contribution is 2.21. The van der Waals surface area contributed by atoms with Crippen LogP contribution in [0.2, 0.25) is 0 Å². The molecule has 0 aliphatic rings. The van der Waals surface area contributed by atoms with Gasteiger partial charge in [-0.15, -0.1) is 0 Å².